The third-order valence-corrected chi connectivity index (χ3v) is 3.14. The number of hydrogen-bond acceptors (Lipinski definition) is 1. The maximum Gasteiger partial charge on any atom is 0.409 e. The number of nitrogens with one attached hydrogen (secondary N) is 1. The number of alkyl halides is 6. The Kier molecular flexibility index (Phi) is 6.35. The Morgan fingerprint density at radius 3 is 1.50 bits per heavy atom. The fourth-order valence-corrected chi connectivity index (χ4v) is 2.04. The van der Waals surface area contributed by atoms with Crippen molar-refractivity contribution in [3.8, 4) is 0 Å². The van der Waals surface area contributed by atoms with Crippen molar-refractivity contribution in [1.82, 2.24) is 5.32 Å². The van der Waals surface area contributed by atoms with Crippen molar-refractivity contribution in [3.63, 3.8) is 0 Å². The van der Waals surface area contributed by atoms with E-state index in [0.29, 0.717) is 0 Å². The summed E-state index contributed by atoms with van der Waals surface area (Å²) in [4.78, 5) is 11.2. The highest BCUT2D eigenvalue weighted by Gasteiger charge is 2.61. The van der Waals surface area contributed by atoms with Crippen LogP contribution in [-0.4, -0.2) is 24.8 Å². The smallest absolute Gasteiger partial charge is 0.355 e. The molecule has 20 heavy (non-hydrogen) atoms. The van der Waals surface area contributed by atoms with Crippen LogP contribution in [0.1, 0.15) is 27.7 Å². The molecule has 120 valence electrons. The van der Waals surface area contributed by atoms with Crippen molar-refractivity contribution in [2.75, 3.05) is 6.54 Å². The Morgan fingerprint density at radius 2 is 1.25 bits per heavy atom. The van der Waals surface area contributed by atoms with Gasteiger partial charge in [0.15, 0.2) is 0 Å². The first-order valence-electron chi connectivity index (χ1n) is 6.19. The molecule has 0 radical (unpaired) electrons. The summed E-state index contributed by atoms with van der Waals surface area (Å²) in [5.74, 6) is -6.15. The Labute approximate surface area is 113 Å². The Morgan fingerprint density at radius 1 is 0.900 bits per heavy atom. The summed E-state index contributed by atoms with van der Waals surface area (Å²) in [6.45, 7) is 6.96. The van der Waals surface area contributed by atoms with Gasteiger partial charge in [-0.05, 0) is 17.8 Å². The summed E-state index contributed by atoms with van der Waals surface area (Å²) in [5.41, 5.74) is 0. The predicted octanol–water partition coefficient (Wildman–Crippen LogP) is 3.77. The number of hydrogen-bond donors (Lipinski definition) is 1. The lowest BCUT2D eigenvalue weighted by Crippen LogP contribution is -2.49. The van der Waals surface area contributed by atoms with Gasteiger partial charge >= 0.3 is 12.4 Å². The van der Waals surface area contributed by atoms with E-state index in [4.69, 9.17) is 0 Å². The van der Waals surface area contributed by atoms with Crippen molar-refractivity contribution in [2.45, 2.75) is 40.0 Å². The lowest BCUT2D eigenvalue weighted by atomic mass is 9.85. The maximum atomic E-state index is 12.3. The number of carbonyl (C=O) groups is 1. The molecule has 0 aromatic carbocycles. The van der Waals surface area contributed by atoms with Crippen LogP contribution in [0.4, 0.5) is 26.3 Å². The Bertz CT molecular complexity index is 299. The number of halogens is 6. The highest BCUT2D eigenvalue weighted by atomic mass is 19.4. The van der Waals surface area contributed by atoms with Crippen LogP contribution in [0, 0.1) is 23.7 Å². The van der Waals surface area contributed by atoms with Crippen molar-refractivity contribution < 1.29 is 31.1 Å². The fraction of sp³-hybridized carbons (Fsp3) is 0.917. The van der Waals surface area contributed by atoms with Crippen LogP contribution in [0.2, 0.25) is 0 Å². The molecule has 2 nitrogen and oxygen atoms in total. The van der Waals surface area contributed by atoms with Gasteiger partial charge in [-0.25, -0.2) is 0 Å². The van der Waals surface area contributed by atoms with E-state index in [0.717, 1.165) is 0 Å². The minimum absolute atomic E-state index is 0.0329. The number of rotatable bonds is 5. The van der Waals surface area contributed by atoms with Gasteiger partial charge in [0.05, 0.1) is 0 Å². The lowest BCUT2D eigenvalue weighted by Gasteiger charge is -2.27. The number of carbonyl (C=O) groups excluding carboxylic acids is 1. The van der Waals surface area contributed by atoms with Gasteiger partial charge in [-0.1, -0.05) is 27.7 Å². The Hall–Kier alpha value is -0.950. The summed E-state index contributed by atoms with van der Waals surface area (Å²) < 4.78 is 74.0. The SMILES string of the molecule is CC(C)C(CNC(=O)C(C(F)(F)F)C(F)(F)F)C(C)C. The van der Waals surface area contributed by atoms with Crippen LogP contribution in [0.15, 0.2) is 0 Å². The molecule has 0 bridgehead atoms. The summed E-state index contributed by atoms with van der Waals surface area (Å²) in [6, 6.07) is 0. The normalized spacial score (nSPS) is 13.7. The lowest BCUT2D eigenvalue weighted by molar-refractivity contribution is -0.274. The zero-order valence-corrected chi connectivity index (χ0v) is 11.7. The van der Waals surface area contributed by atoms with Crippen molar-refractivity contribution >= 4 is 5.91 Å². The van der Waals surface area contributed by atoms with Crippen LogP contribution in [-0.2, 0) is 4.79 Å². The second kappa shape index (κ2) is 6.67. The molecular formula is C12H19F6NO. The molecule has 0 rings (SSSR count). The van der Waals surface area contributed by atoms with Crippen molar-refractivity contribution in [2.24, 2.45) is 23.7 Å². The van der Waals surface area contributed by atoms with E-state index in [1.165, 1.54) is 0 Å². The second-order valence-corrected chi connectivity index (χ2v) is 5.41. The zero-order chi connectivity index (χ0) is 16.3. The molecule has 0 atom stereocenters. The minimum Gasteiger partial charge on any atom is -0.355 e. The topological polar surface area (TPSA) is 29.1 Å². The van der Waals surface area contributed by atoms with Crippen LogP contribution in [0.3, 0.4) is 0 Å². The molecule has 0 aromatic rings. The van der Waals surface area contributed by atoms with Gasteiger partial charge in [0.2, 0.25) is 11.8 Å². The van der Waals surface area contributed by atoms with Crippen molar-refractivity contribution in [1.29, 1.82) is 0 Å². The molecule has 0 saturated heterocycles. The molecular weight excluding hydrogens is 288 g/mol. The largest absolute Gasteiger partial charge is 0.409 e. The van der Waals surface area contributed by atoms with E-state index >= 15 is 0 Å². The molecule has 0 aromatic heterocycles. The van der Waals surface area contributed by atoms with E-state index in [9.17, 15) is 31.1 Å². The molecule has 1 N–H and O–H groups in total. The monoisotopic (exact) mass is 307 g/mol. The molecule has 0 aliphatic carbocycles. The summed E-state index contributed by atoms with van der Waals surface area (Å²) >= 11 is 0. The number of amides is 1. The standard InChI is InChI=1S/C12H19F6NO/c1-6(2)8(7(3)4)5-19-10(20)9(11(13,14)15)12(16,17)18/h6-9H,5H2,1-4H3,(H,19,20). The first-order chi connectivity index (χ1) is 8.78. The van der Waals surface area contributed by atoms with Gasteiger partial charge in [-0.2, -0.15) is 26.3 Å². The van der Waals surface area contributed by atoms with Gasteiger partial charge in [0.25, 0.3) is 0 Å². The van der Waals surface area contributed by atoms with Gasteiger partial charge in [0.1, 0.15) is 0 Å². The quantitative estimate of drug-likeness (QED) is 0.770. The first-order valence-corrected chi connectivity index (χ1v) is 6.19. The molecule has 0 aliphatic rings. The van der Waals surface area contributed by atoms with E-state index in [1.54, 1.807) is 33.0 Å². The summed E-state index contributed by atoms with van der Waals surface area (Å²) in [6.07, 6.45) is -11.3. The molecule has 0 saturated carbocycles. The average Bonchev–Trinajstić information content (AvgIpc) is 2.10. The van der Waals surface area contributed by atoms with Crippen LogP contribution in [0.5, 0.6) is 0 Å². The zero-order valence-electron chi connectivity index (χ0n) is 11.7. The predicted molar refractivity (Wildman–Crippen MR) is 61.8 cm³/mol. The third kappa shape index (κ3) is 5.58. The Balaban J connectivity index is 4.88. The summed E-state index contributed by atoms with van der Waals surface area (Å²) in [5, 5.41) is 1.78. The molecule has 0 unspecified atom stereocenters. The van der Waals surface area contributed by atoms with Crippen LogP contribution in [0.25, 0.3) is 0 Å². The molecule has 1 amide bonds. The minimum atomic E-state index is -5.65. The fourth-order valence-electron chi connectivity index (χ4n) is 2.04. The maximum absolute atomic E-state index is 12.3. The van der Waals surface area contributed by atoms with E-state index in [2.05, 4.69) is 0 Å². The average molecular weight is 307 g/mol. The van der Waals surface area contributed by atoms with Gasteiger partial charge < -0.3 is 5.32 Å². The van der Waals surface area contributed by atoms with Crippen LogP contribution < -0.4 is 5.32 Å². The molecule has 0 fully saturated rings. The highest BCUT2D eigenvalue weighted by Crippen LogP contribution is 2.39. The van der Waals surface area contributed by atoms with Crippen LogP contribution >= 0.6 is 0 Å². The highest BCUT2D eigenvalue weighted by molar-refractivity contribution is 5.80. The molecule has 0 spiro atoms. The molecule has 8 heteroatoms. The van der Waals surface area contributed by atoms with Crippen molar-refractivity contribution in [3.05, 3.63) is 0 Å². The van der Waals surface area contributed by atoms with Gasteiger partial charge in [0, 0.05) is 6.54 Å². The molecule has 0 heterocycles. The van der Waals surface area contributed by atoms with E-state index in [-0.39, 0.29) is 24.3 Å². The third-order valence-electron chi connectivity index (χ3n) is 3.14. The second-order valence-electron chi connectivity index (χ2n) is 5.41. The first kappa shape index (κ1) is 19.1. The van der Waals surface area contributed by atoms with Gasteiger partial charge in [-0.3, -0.25) is 4.79 Å². The van der Waals surface area contributed by atoms with Gasteiger partial charge in [-0.15, -0.1) is 0 Å². The van der Waals surface area contributed by atoms with E-state index < -0.39 is 24.2 Å². The molecule has 0 aliphatic heterocycles. The van der Waals surface area contributed by atoms with E-state index in [1.807, 2.05) is 0 Å². The summed E-state index contributed by atoms with van der Waals surface area (Å²) in [7, 11) is 0.